The first kappa shape index (κ1) is 9.17. The number of piperidine rings is 1. The van der Waals surface area contributed by atoms with Crippen molar-refractivity contribution in [1.29, 1.82) is 0 Å². The molecule has 0 saturated carbocycles. The van der Waals surface area contributed by atoms with Gasteiger partial charge in [-0.25, -0.2) is 0 Å². The molecule has 78 valence electrons. The lowest BCUT2D eigenvalue weighted by Crippen LogP contribution is -2.25. The molecule has 1 aromatic carbocycles. The van der Waals surface area contributed by atoms with Crippen LogP contribution in [0.15, 0.2) is 35.9 Å². The number of hydrogen-bond acceptors (Lipinski definition) is 1. The fourth-order valence-electron chi connectivity index (χ4n) is 2.65. The predicted molar refractivity (Wildman–Crippen MR) is 63.1 cm³/mol. The number of fused-ring (bicyclic) bond motifs is 1. The first-order chi connectivity index (χ1) is 7.43. The smallest absolute Gasteiger partial charge is 0.0164 e. The molecule has 1 nitrogen and oxygen atoms in total. The van der Waals surface area contributed by atoms with Crippen LogP contribution < -0.4 is 5.32 Å². The highest BCUT2D eigenvalue weighted by Gasteiger charge is 2.23. The third kappa shape index (κ3) is 1.72. The standard InChI is InChI=1S/C14H17N/c1-2-6-14-12(5-1)9-13(14)8-11-4-3-7-15-10-11/h1-2,5-6,8,13,15H,3-4,7,9-10H2. The van der Waals surface area contributed by atoms with Crippen LogP contribution in [0.2, 0.25) is 0 Å². The van der Waals surface area contributed by atoms with E-state index >= 15 is 0 Å². The molecule has 15 heavy (non-hydrogen) atoms. The van der Waals surface area contributed by atoms with Crippen molar-refractivity contribution in [2.45, 2.75) is 25.2 Å². The minimum absolute atomic E-state index is 0.705. The number of benzene rings is 1. The van der Waals surface area contributed by atoms with Gasteiger partial charge in [0.05, 0.1) is 0 Å². The minimum atomic E-state index is 0.705. The second-order valence-corrected chi connectivity index (χ2v) is 4.61. The lowest BCUT2D eigenvalue weighted by molar-refractivity contribution is 0.598. The monoisotopic (exact) mass is 199 g/mol. The molecule has 0 bridgehead atoms. The summed E-state index contributed by atoms with van der Waals surface area (Å²) in [5, 5.41) is 3.44. The van der Waals surface area contributed by atoms with Crippen LogP contribution in [0.5, 0.6) is 0 Å². The Labute approximate surface area is 91.2 Å². The zero-order chi connectivity index (χ0) is 10.1. The summed E-state index contributed by atoms with van der Waals surface area (Å²) in [5.41, 5.74) is 4.71. The van der Waals surface area contributed by atoms with E-state index in [1.807, 2.05) is 0 Å². The summed E-state index contributed by atoms with van der Waals surface area (Å²) in [6, 6.07) is 8.83. The van der Waals surface area contributed by atoms with Crippen LogP contribution in [0, 0.1) is 0 Å². The molecule has 1 heteroatoms. The van der Waals surface area contributed by atoms with Gasteiger partial charge in [0.1, 0.15) is 0 Å². The summed E-state index contributed by atoms with van der Waals surface area (Å²) in [4.78, 5) is 0. The van der Waals surface area contributed by atoms with Crippen LogP contribution in [-0.2, 0) is 6.42 Å². The average molecular weight is 199 g/mol. The molecule has 1 aliphatic carbocycles. The Morgan fingerprint density at radius 1 is 1.27 bits per heavy atom. The summed E-state index contributed by atoms with van der Waals surface area (Å²) in [6.45, 7) is 2.30. The number of rotatable bonds is 1. The Balaban J connectivity index is 1.76. The molecule has 1 N–H and O–H groups in total. The number of nitrogens with one attached hydrogen (secondary N) is 1. The summed E-state index contributed by atoms with van der Waals surface area (Å²) < 4.78 is 0. The van der Waals surface area contributed by atoms with E-state index in [2.05, 4.69) is 35.7 Å². The zero-order valence-corrected chi connectivity index (χ0v) is 9.00. The third-order valence-corrected chi connectivity index (χ3v) is 3.53. The van der Waals surface area contributed by atoms with Crippen molar-refractivity contribution in [2.24, 2.45) is 0 Å². The minimum Gasteiger partial charge on any atom is -0.313 e. The van der Waals surface area contributed by atoms with Crippen molar-refractivity contribution in [1.82, 2.24) is 5.32 Å². The van der Waals surface area contributed by atoms with Crippen molar-refractivity contribution < 1.29 is 0 Å². The Hall–Kier alpha value is -1.08. The summed E-state index contributed by atoms with van der Waals surface area (Å²) >= 11 is 0. The summed E-state index contributed by atoms with van der Waals surface area (Å²) in [7, 11) is 0. The van der Waals surface area contributed by atoms with Gasteiger partial charge in [0.25, 0.3) is 0 Å². The van der Waals surface area contributed by atoms with Gasteiger partial charge >= 0.3 is 0 Å². The molecule has 3 rings (SSSR count). The molecule has 0 aromatic heterocycles. The Bertz CT molecular complexity index is 384. The van der Waals surface area contributed by atoms with E-state index in [0.717, 1.165) is 6.54 Å². The fraction of sp³-hybridized carbons (Fsp3) is 0.429. The number of hydrogen-bond donors (Lipinski definition) is 1. The molecule has 2 aliphatic rings. The Morgan fingerprint density at radius 2 is 2.20 bits per heavy atom. The van der Waals surface area contributed by atoms with Gasteiger partial charge in [-0.05, 0) is 36.9 Å². The van der Waals surface area contributed by atoms with Gasteiger partial charge in [-0.1, -0.05) is 35.9 Å². The number of allylic oxidation sites excluding steroid dienone is 1. The van der Waals surface area contributed by atoms with Crippen LogP contribution in [0.4, 0.5) is 0 Å². The summed E-state index contributed by atoms with van der Waals surface area (Å²) in [5.74, 6) is 0.705. The van der Waals surface area contributed by atoms with Crippen molar-refractivity contribution in [3.05, 3.63) is 47.0 Å². The van der Waals surface area contributed by atoms with E-state index in [0.29, 0.717) is 5.92 Å². The molecule has 0 spiro atoms. The van der Waals surface area contributed by atoms with E-state index in [1.54, 1.807) is 16.7 Å². The van der Waals surface area contributed by atoms with Crippen molar-refractivity contribution in [3.63, 3.8) is 0 Å². The predicted octanol–water partition coefficient (Wildman–Crippen LogP) is 2.64. The van der Waals surface area contributed by atoms with E-state index < -0.39 is 0 Å². The molecule has 1 heterocycles. The molecule has 0 radical (unpaired) electrons. The fourth-order valence-corrected chi connectivity index (χ4v) is 2.65. The van der Waals surface area contributed by atoms with Crippen molar-refractivity contribution >= 4 is 0 Å². The third-order valence-electron chi connectivity index (χ3n) is 3.53. The van der Waals surface area contributed by atoms with Gasteiger partial charge in [-0.3, -0.25) is 0 Å². The van der Waals surface area contributed by atoms with Crippen LogP contribution in [0.3, 0.4) is 0 Å². The second kappa shape index (κ2) is 3.82. The lowest BCUT2D eigenvalue weighted by atomic mass is 9.76. The molecular formula is C14H17N. The zero-order valence-electron chi connectivity index (χ0n) is 9.00. The Morgan fingerprint density at radius 3 is 3.00 bits per heavy atom. The van der Waals surface area contributed by atoms with Crippen LogP contribution in [-0.4, -0.2) is 13.1 Å². The normalized spacial score (nSPS) is 27.2. The maximum Gasteiger partial charge on any atom is 0.0164 e. The van der Waals surface area contributed by atoms with Crippen LogP contribution >= 0.6 is 0 Å². The van der Waals surface area contributed by atoms with Gasteiger partial charge < -0.3 is 5.32 Å². The largest absolute Gasteiger partial charge is 0.313 e. The first-order valence-electron chi connectivity index (χ1n) is 5.91. The molecule has 1 atom stereocenters. The van der Waals surface area contributed by atoms with Gasteiger partial charge in [0.15, 0.2) is 0 Å². The van der Waals surface area contributed by atoms with Crippen molar-refractivity contribution in [3.8, 4) is 0 Å². The first-order valence-corrected chi connectivity index (χ1v) is 5.91. The van der Waals surface area contributed by atoms with Crippen molar-refractivity contribution in [2.75, 3.05) is 13.1 Å². The van der Waals surface area contributed by atoms with Gasteiger partial charge in [0, 0.05) is 12.5 Å². The van der Waals surface area contributed by atoms with E-state index in [4.69, 9.17) is 0 Å². The van der Waals surface area contributed by atoms with Gasteiger partial charge in [-0.15, -0.1) is 0 Å². The molecule has 1 aromatic rings. The molecular weight excluding hydrogens is 182 g/mol. The average Bonchev–Trinajstić information content (AvgIpc) is 2.27. The molecule has 1 saturated heterocycles. The highest BCUT2D eigenvalue weighted by Crippen LogP contribution is 2.36. The molecule has 1 aliphatic heterocycles. The van der Waals surface area contributed by atoms with E-state index in [-0.39, 0.29) is 0 Å². The highest BCUT2D eigenvalue weighted by molar-refractivity contribution is 5.43. The quantitative estimate of drug-likeness (QED) is 0.686. The summed E-state index contributed by atoms with van der Waals surface area (Å²) in [6.07, 6.45) is 6.35. The van der Waals surface area contributed by atoms with E-state index in [9.17, 15) is 0 Å². The van der Waals surface area contributed by atoms with Crippen LogP contribution in [0.25, 0.3) is 0 Å². The van der Waals surface area contributed by atoms with Gasteiger partial charge in [-0.2, -0.15) is 0 Å². The molecule has 0 amide bonds. The highest BCUT2D eigenvalue weighted by atomic mass is 14.9. The molecule has 1 unspecified atom stereocenters. The maximum atomic E-state index is 3.44. The second-order valence-electron chi connectivity index (χ2n) is 4.61. The van der Waals surface area contributed by atoms with E-state index in [1.165, 1.54) is 25.8 Å². The SMILES string of the molecule is C(=C1CCCNC1)C1Cc2ccccc21. The van der Waals surface area contributed by atoms with Gasteiger partial charge in [0.2, 0.25) is 0 Å². The lowest BCUT2D eigenvalue weighted by Gasteiger charge is -2.29. The Kier molecular flexibility index (Phi) is 2.34. The van der Waals surface area contributed by atoms with Crippen LogP contribution in [0.1, 0.15) is 29.9 Å². The molecule has 1 fully saturated rings. The topological polar surface area (TPSA) is 12.0 Å². The maximum absolute atomic E-state index is 3.44.